The Labute approximate surface area is 120 Å². The lowest BCUT2D eigenvalue weighted by atomic mass is 9.97. The summed E-state index contributed by atoms with van der Waals surface area (Å²) in [5.74, 6) is -0.636. The first-order valence-corrected chi connectivity index (χ1v) is 7.43. The summed E-state index contributed by atoms with van der Waals surface area (Å²) in [7, 11) is 0. The fraction of sp³-hybridized carbons (Fsp3) is 0.857. The van der Waals surface area contributed by atoms with Gasteiger partial charge in [0.2, 0.25) is 0 Å². The molecule has 0 radical (unpaired) electrons. The number of hydrogen-bond acceptors (Lipinski definition) is 3. The summed E-state index contributed by atoms with van der Waals surface area (Å²) in [6.45, 7) is 9.56. The average molecular weight is 285 g/mol. The smallest absolute Gasteiger partial charge is 0.326 e. The van der Waals surface area contributed by atoms with Crippen molar-refractivity contribution in [2.45, 2.75) is 39.7 Å². The summed E-state index contributed by atoms with van der Waals surface area (Å²) < 4.78 is 0. The van der Waals surface area contributed by atoms with Crippen molar-refractivity contribution in [3.63, 3.8) is 0 Å². The van der Waals surface area contributed by atoms with Crippen molar-refractivity contribution in [1.29, 1.82) is 0 Å². The normalized spacial score (nSPS) is 18.8. The van der Waals surface area contributed by atoms with Gasteiger partial charge < -0.3 is 20.6 Å². The van der Waals surface area contributed by atoms with Crippen LogP contribution in [0.2, 0.25) is 0 Å². The van der Waals surface area contributed by atoms with Gasteiger partial charge in [-0.05, 0) is 44.3 Å². The SMILES string of the molecule is CCN1CCC(CNC(=O)N[C@H](C(=O)O)C(C)C)CC1. The standard InChI is InChI=1S/C14H27N3O3/c1-4-17-7-5-11(6-8-17)9-15-14(20)16-12(10(2)3)13(18)19/h10-12H,4-9H2,1-3H3,(H,18,19)(H2,15,16,20)/t12-/m0/s1. The van der Waals surface area contributed by atoms with Crippen LogP contribution in [-0.4, -0.2) is 54.2 Å². The number of carbonyl (C=O) groups excluding carboxylic acids is 1. The third-order valence-electron chi connectivity index (χ3n) is 3.92. The van der Waals surface area contributed by atoms with E-state index in [1.807, 2.05) is 0 Å². The number of carboxylic acids is 1. The number of rotatable bonds is 6. The molecule has 20 heavy (non-hydrogen) atoms. The molecule has 0 aliphatic carbocycles. The first-order valence-electron chi connectivity index (χ1n) is 7.43. The monoisotopic (exact) mass is 285 g/mol. The van der Waals surface area contributed by atoms with Gasteiger partial charge in [-0.15, -0.1) is 0 Å². The zero-order valence-corrected chi connectivity index (χ0v) is 12.7. The molecule has 1 aliphatic rings. The molecule has 1 aliphatic heterocycles. The maximum absolute atomic E-state index is 11.7. The fourth-order valence-electron chi connectivity index (χ4n) is 2.45. The molecule has 0 aromatic carbocycles. The van der Waals surface area contributed by atoms with Crippen molar-refractivity contribution < 1.29 is 14.7 Å². The minimum Gasteiger partial charge on any atom is -0.480 e. The van der Waals surface area contributed by atoms with Crippen molar-refractivity contribution in [3.05, 3.63) is 0 Å². The second kappa shape index (κ2) is 8.09. The highest BCUT2D eigenvalue weighted by molar-refractivity contribution is 5.82. The van der Waals surface area contributed by atoms with Crippen LogP contribution in [0.25, 0.3) is 0 Å². The molecule has 0 bridgehead atoms. The highest BCUT2D eigenvalue weighted by atomic mass is 16.4. The van der Waals surface area contributed by atoms with Gasteiger partial charge in [0.1, 0.15) is 6.04 Å². The molecule has 0 aromatic rings. The molecule has 1 atom stereocenters. The lowest BCUT2D eigenvalue weighted by Crippen LogP contribution is -2.50. The Hall–Kier alpha value is -1.30. The van der Waals surface area contributed by atoms with Crippen LogP contribution in [0, 0.1) is 11.8 Å². The van der Waals surface area contributed by atoms with E-state index in [1.54, 1.807) is 13.8 Å². The Bertz CT molecular complexity index is 326. The zero-order chi connectivity index (χ0) is 15.1. The number of piperidine rings is 1. The lowest BCUT2D eigenvalue weighted by Gasteiger charge is -2.31. The van der Waals surface area contributed by atoms with Crippen molar-refractivity contribution in [1.82, 2.24) is 15.5 Å². The lowest BCUT2D eigenvalue weighted by molar-refractivity contribution is -0.140. The molecular weight excluding hydrogens is 258 g/mol. The summed E-state index contributed by atoms with van der Waals surface area (Å²) >= 11 is 0. The molecule has 116 valence electrons. The molecule has 6 nitrogen and oxygen atoms in total. The van der Waals surface area contributed by atoms with E-state index >= 15 is 0 Å². The zero-order valence-electron chi connectivity index (χ0n) is 12.7. The Morgan fingerprint density at radius 1 is 1.30 bits per heavy atom. The van der Waals surface area contributed by atoms with E-state index in [-0.39, 0.29) is 11.9 Å². The van der Waals surface area contributed by atoms with E-state index in [1.165, 1.54) is 0 Å². The number of likely N-dealkylation sites (tertiary alicyclic amines) is 1. The molecule has 3 N–H and O–H groups in total. The van der Waals surface area contributed by atoms with Crippen LogP contribution in [0.3, 0.4) is 0 Å². The van der Waals surface area contributed by atoms with Gasteiger partial charge in [-0.2, -0.15) is 0 Å². The molecule has 6 heteroatoms. The van der Waals surface area contributed by atoms with E-state index in [0.29, 0.717) is 12.5 Å². The quantitative estimate of drug-likeness (QED) is 0.683. The van der Waals surface area contributed by atoms with Crippen LogP contribution in [0.4, 0.5) is 4.79 Å². The van der Waals surface area contributed by atoms with Crippen LogP contribution < -0.4 is 10.6 Å². The average Bonchev–Trinajstić information content (AvgIpc) is 2.42. The van der Waals surface area contributed by atoms with Gasteiger partial charge >= 0.3 is 12.0 Å². The van der Waals surface area contributed by atoms with Crippen LogP contribution >= 0.6 is 0 Å². The number of aliphatic carboxylic acids is 1. The second-order valence-electron chi connectivity index (χ2n) is 5.79. The van der Waals surface area contributed by atoms with E-state index < -0.39 is 12.0 Å². The van der Waals surface area contributed by atoms with Crippen LogP contribution in [-0.2, 0) is 4.79 Å². The molecule has 2 amide bonds. The van der Waals surface area contributed by atoms with Crippen molar-refractivity contribution in [3.8, 4) is 0 Å². The summed E-state index contributed by atoms with van der Waals surface area (Å²) in [5, 5.41) is 14.3. The number of carboxylic acid groups (broad SMARTS) is 1. The van der Waals surface area contributed by atoms with Crippen molar-refractivity contribution >= 4 is 12.0 Å². The van der Waals surface area contributed by atoms with Crippen molar-refractivity contribution in [2.75, 3.05) is 26.2 Å². The molecule has 1 saturated heterocycles. The Kier molecular flexibility index (Phi) is 6.78. The third kappa shape index (κ3) is 5.36. The highest BCUT2D eigenvalue weighted by Crippen LogP contribution is 2.15. The fourth-order valence-corrected chi connectivity index (χ4v) is 2.45. The number of hydrogen-bond donors (Lipinski definition) is 3. The Morgan fingerprint density at radius 3 is 2.35 bits per heavy atom. The highest BCUT2D eigenvalue weighted by Gasteiger charge is 2.24. The van der Waals surface area contributed by atoms with Gasteiger partial charge in [0.05, 0.1) is 0 Å². The maximum atomic E-state index is 11.7. The van der Waals surface area contributed by atoms with E-state index in [0.717, 1.165) is 32.5 Å². The largest absolute Gasteiger partial charge is 0.480 e. The van der Waals surface area contributed by atoms with Crippen LogP contribution in [0.5, 0.6) is 0 Å². The van der Waals surface area contributed by atoms with Gasteiger partial charge in [-0.3, -0.25) is 0 Å². The molecule has 0 unspecified atom stereocenters. The van der Waals surface area contributed by atoms with E-state index in [9.17, 15) is 9.59 Å². The van der Waals surface area contributed by atoms with E-state index in [2.05, 4.69) is 22.5 Å². The predicted octanol–water partition coefficient (Wildman–Crippen LogP) is 1.13. The number of urea groups is 1. The number of nitrogens with one attached hydrogen (secondary N) is 2. The summed E-state index contributed by atoms with van der Waals surface area (Å²) in [4.78, 5) is 25.1. The van der Waals surface area contributed by atoms with Crippen molar-refractivity contribution in [2.24, 2.45) is 11.8 Å². The van der Waals surface area contributed by atoms with Gasteiger partial charge in [0, 0.05) is 6.54 Å². The molecular formula is C14H27N3O3. The van der Waals surface area contributed by atoms with Gasteiger partial charge in [0.25, 0.3) is 0 Å². The molecule has 1 rings (SSSR count). The van der Waals surface area contributed by atoms with Gasteiger partial charge in [0.15, 0.2) is 0 Å². The third-order valence-corrected chi connectivity index (χ3v) is 3.92. The van der Waals surface area contributed by atoms with Gasteiger partial charge in [-0.25, -0.2) is 9.59 Å². The summed E-state index contributed by atoms with van der Waals surface area (Å²) in [5.41, 5.74) is 0. The molecule has 1 fully saturated rings. The molecule has 0 spiro atoms. The van der Waals surface area contributed by atoms with Crippen LogP contribution in [0.15, 0.2) is 0 Å². The molecule has 1 heterocycles. The minimum atomic E-state index is -0.994. The van der Waals surface area contributed by atoms with Crippen LogP contribution in [0.1, 0.15) is 33.6 Å². The van der Waals surface area contributed by atoms with E-state index in [4.69, 9.17) is 5.11 Å². The second-order valence-corrected chi connectivity index (χ2v) is 5.79. The molecule has 0 aromatic heterocycles. The topological polar surface area (TPSA) is 81.7 Å². The Balaban J connectivity index is 2.28. The minimum absolute atomic E-state index is 0.133. The summed E-state index contributed by atoms with van der Waals surface area (Å²) in [6.07, 6.45) is 2.17. The van der Waals surface area contributed by atoms with Gasteiger partial charge in [-0.1, -0.05) is 20.8 Å². The molecule has 0 saturated carbocycles. The number of carbonyl (C=O) groups is 2. The number of amides is 2. The number of nitrogens with zero attached hydrogens (tertiary/aromatic N) is 1. The first kappa shape index (κ1) is 16.8. The maximum Gasteiger partial charge on any atom is 0.326 e. The Morgan fingerprint density at radius 2 is 1.90 bits per heavy atom. The summed E-state index contributed by atoms with van der Waals surface area (Å²) in [6, 6.07) is -1.22. The first-order chi connectivity index (χ1) is 9.43. The predicted molar refractivity (Wildman–Crippen MR) is 77.6 cm³/mol.